The van der Waals surface area contributed by atoms with Crippen LogP contribution in [0.15, 0.2) is 12.5 Å². The lowest BCUT2D eigenvalue weighted by molar-refractivity contribution is -0.141. The Labute approximate surface area is 98.5 Å². The molecule has 0 bridgehead atoms. The lowest BCUT2D eigenvalue weighted by Crippen LogP contribution is -2.43. The molecule has 1 aromatic rings. The maximum Gasteiger partial charge on any atom is 0.322 e. The first-order chi connectivity index (χ1) is 8.00. The van der Waals surface area contributed by atoms with Gasteiger partial charge < -0.3 is 10.1 Å². The van der Waals surface area contributed by atoms with Gasteiger partial charge in [-0.25, -0.2) is 13.4 Å². The van der Waals surface area contributed by atoms with Gasteiger partial charge in [0.2, 0.25) is 10.0 Å². The van der Waals surface area contributed by atoms with Crippen molar-refractivity contribution in [2.24, 2.45) is 0 Å². The summed E-state index contributed by atoms with van der Waals surface area (Å²) in [5, 5.41) is 9.12. The second-order valence-electron chi connectivity index (χ2n) is 3.92. The number of aliphatic carboxylic acids is 1. The summed E-state index contributed by atoms with van der Waals surface area (Å²) in [6.07, 6.45) is 3.52. The number of nitrogens with one attached hydrogen (secondary N) is 1. The number of imidazole rings is 1. The van der Waals surface area contributed by atoms with E-state index in [0.29, 0.717) is 12.1 Å². The van der Waals surface area contributed by atoms with E-state index in [0.717, 1.165) is 4.31 Å². The molecule has 1 aliphatic heterocycles. The molecule has 2 rings (SSSR count). The van der Waals surface area contributed by atoms with Gasteiger partial charge >= 0.3 is 5.97 Å². The molecule has 0 spiro atoms. The zero-order chi connectivity index (χ0) is 12.5. The molecule has 2 heterocycles. The number of sulfonamides is 1. The van der Waals surface area contributed by atoms with Gasteiger partial charge in [-0.05, 0) is 6.42 Å². The predicted molar refractivity (Wildman–Crippen MR) is 58.8 cm³/mol. The fraction of sp³-hybridized carbons (Fsp3) is 0.556. The summed E-state index contributed by atoms with van der Waals surface area (Å²) in [5.41, 5.74) is 0.611. The molecule has 7 nitrogen and oxygen atoms in total. The van der Waals surface area contributed by atoms with Crippen molar-refractivity contribution < 1.29 is 18.3 Å². The number of aromatic amines is 1. The molecule has 1 saturated heterocycles. The van der Waals surface area contributed by atoms with Crippen molar-refractivity contribution in [1.29, 1.82) is 0 Å². The van der Waals surface area contributed by atoms with Crippen LogP contribution in [-0.2, 0) is 21.2 Å². The van der Waals surface area contributed by atoms with Crippen LogP contribution in [0.2, 0.25) is 0 Å². The van der Waals surface area contributed by atoms with E-state index in [9.17, 15) is 13.2 Å². The van der Waals surface area contributed by atoms with Crippen LogP contribution in [0.4, 0.5) is 0 Å². The highest BCUT2D eigenvalue weighted by molar-refractivity contribution is 7.89. The van der Waals surface area contributed by atoms with E-state index >= 15 is 0 Å². The molecule has 1 atom stereocenters. The van der Waals surface area contributed by atoms with E-state index in [-0.39, 0.29) is 18.7 Å². The van der Waals surface area contributed by atoms with E-state index in [4.69, 9.17) is 5.11 Å². The second kappa shape index (κ2) is 4.46. The quantitative estimate of drug-likeness (QED) is 0.754. The molecule has 1 fully saturated rings. The molecule has 1 aromatic heterocycles. The highest BCUT2D eigenvalue weighted by Gasteiger charge is 2.38. The number of H-pyrrole nitrogens is 1. The lowest BCUT2D eigenvalue weighted by atomic mass is 10.1. The third-order valence-corrected chi connectivity index (χ3v) is 4.70. The number of nitrogens with zero attached hydrogens (tertiary/aromatic N) is 2. The van der Waals surface area contributed by atoms with Gasteiger partial charge in [0, 0.05) is 24.9 Å². The van der Waals surface area contributed by atoms with Gasteiger partial charge in [-0.1, -0.05) is 0 Å². The fourth-order valence-electron chi connectivity index (χ4n) is 1.93. The van der Waals surface area contributed by atoms with E-state index in [2.05, 4.69) is 9.97 Å². The number of carboxylic acids is 1. The Morgan fingerprint density at radius 1 is 1.65 bits per heavy atom. The number of hydrogen-bond donors (Lipinski definition) is 2. The Balaban J connectivity index is 2.21. The van der Waals surface area contributed by atoms with Crippen LogP contribution in [-0.4, -0.2) is 52.1 Å². The van der Waals surface area contributed by atoms with Gasteiger partial charge in [0.15, 0.2) is 0 Å². The molecule has 94 valence electrons. The first-order valence-electron chi connectivity index (χ1n) is 5.20. The molecule has 0 radical (unpaired) electrons. The molecule has 0 saturated carbocycles. The van der Waals surface area contributed by atoms with Crippen molar-refractivity contribution in [3.63, 3.8) is 0 Å². The Bertz CT molecular complexity index is 496. The molecule has 2 N–H and O–H groups in total. The van der Waals surface area contributed by atoms with Crippen LogP contribution in [0, 0.1) is 0 Å². The molecule has 17 heavy (non-hydrogen) atoms. The van der Waals surface area contributed by atoms with E-state index in [1.54, 1.807) is 0 Å². The third kappa shape index (κ3) is 2.47. The molecule has 0 aromatic carbocycles. The van der Waals surface area contributed by atoms with Crippen LogP contribution in [0.5, 0.6) is 0 Å². The Morgan fingerprint density at radius 3 is 2.88 bits per heavy atom. The van der Waals surface area contributed by atoms with Crippen molar-refractivity contribution in [3.8, 4) is 0 Å². The number of carbonyl (C=O) groups is 1. The normalized spacial score (nSPS) is 21.4. The monoisotopic (exact) mass is 259 g/mol. The van der Waals surface area contributed by atoms with Gasteiger partial charge in [-0.15, -0.1) is 0 Å². The molecule has 0 unspecified atom stereocenters. The van der Waals surface area contributed by atoms with Crippen LogP contribution in [0.3, 0.4) is 0 Å². The minimum Gasteiger partial charge on any atom is -0.480 e. The standard InChI is InChI=1S/C9H13N3O4S/c13-9(14)8(4-7-5-10-6-11-7)12-2-1-3-17(12,15)16/h5-6,8H,1-4H2,(H,10,11)(H,13,14)/t8-/m0/s1. The molecule has 8 heteroatoms. The maximum absolute atomic E-state index is 11.7. The highest BCUT2D eigenvalue weighted by atomic mass is 32.2. The van der Waals surface area contributed by atoms with Crippen molar-refractivity contribution in [1.82, 2.24) is 14.3 Å². The van der Waals surface area contributed by atoms with Crippen molar-refractivity contribution in [2.75, 3.05) is 12.3 Å². The van der Waals surface area contributed by atoms with Crippen LogP contribution >= 0.6 is 0 Å². The summed E-state index contributed by atoms with van der Waals surface area (Å²) in [6.45, 7) is 0.271. The minimum atomic E-state index is -3.42. The van der Waals surface area contributed by atoms with Crippen molar-refractivity contribution >= 4 is 16.0 Å². The zero-order valence-electron chi connectivity index (χ0n) is 9.04. The van der Waals surface area contributed by atoms with Gasteiger partial charge in [0.05, 0.1) is 12.1 Å². The Morgan fingerprint density at radius 2 is 2.41 bits per heavy atom. The van der Waals surface area contributed by atoms with Gasteiger partial charge in [0.1, 0.15) is 6.04 Å². The Kier molecular flexibility index (Phi) is 3.16. The largest absolute Gasteiger partial charge is 0.480 e. The topological polar surface area (TPSA) is 103 Å². The molecule has 0 amide bonds. The van der Waals surface area contributed by atoms with Crippen LogP contribution in [0.1, 0.15) is 12.1 Å². The lowest BCUT2D eigenvalue weighted by Gasteiger charge is -2.21. The average molecular weight is 259 g/mol. The minimum absolute atomic E-state index is 0.0275. The number of rotatable bonds is 4. The predicted octanol–water partition coefficient (Wildman–Crippen LogP) is -0.559. The SMILES string of the molecule is O=C(O)[C@H](Cc1cnc[nH]1)N1CCCS1(=O)=O. The van der Waals surface area contributed by atoms with E-state index < -0.39 is 22.0 Å². The highest BCUT2D eigenvalue weighted by Crippen LogP contribution is 2.19. The summed E-state index contributed by atoms with van der Waals surface area (Å²) < 4.78 is 24.4. The van der Waals surface area contributed by atoms with E-state index in [1.165, 1.54) is 12.5 Å². The molecular formula is C9H13N3O4S. The fourth-order valence-corrected chi connectivity index (χ4v) is 3.61. The summed E-state index contributed by atoms with van der Waals surface area (Å²) in [7, 11) is -3.42. The van der Waals surface area contributed by atoms with Crippen LogP contribution in [0.25, 0.3) is 0 Å². The maximum atomic E-state index is 11.7. The zero-order valence-corrected chi connectivity index (χ0v) is 9.85. The number of aromatic nitrogens is 2. The molecule has 0 aliphatic carbocycles. The second-order valence-corrected chi connectivity index (χ2v) is 5.96. The smallest absolute Gasteiger partial charge is 0.322 e. The number of carboxylic acid groups (broad SMARTS) is 1. The summed E-state index contributed by atoms with van der Waals surface area (Å²) in [5.74, 6) is -1.11. The summed E-state index contributed by atoms with van der Waals surface area (Å²) in [6, 6.07) is -1.05. The van der Waals surface area contributed by atoms with Gasteiger partial charge in [0.25, 0.3) is 0 Å². The van der Waals surface area contributed by atoms with Crippen LogP contribution < -0.4 is 0 Å². The average Bonchev–Trinajstić information content (AvgIpc) is 2.83. The third-order valence-electron chi connectivity index (χ3n) is 2.74. The van der Waals surface area contributed by atoms with Gasteiger partial charge in [-0.2, -0.15) is 4.31 Å². The summed E-state index contributed by atoms with van der Waals surface area (Å²) in [4.78, 5) is 17.7. The van der Waals surface area contributed by atoms with Crippen molar-refractivity contribution in [2.45, 2.75) is 18.9 Å². The molecule has 1 aliphatic rings. The summed E-state index contributed by atoms with van der Waals surface area (Å²) >= 11 is 0. The molecular weight excluding hydrogens is 246 g/mol. The first-order valence-corrected chi connectivity index (χ1v) is 6.81. The van der Waals surface area contributed by atoms with E-state index in [1.807, 2.05) is 0 Å². The first kappa shape index (κ1) is 12.1. The van der Waals surface area contributed by atoms with Crippen molar-refractivity contribution in [3.05, 3.63) is 18.2 Å². The Hall–Kier alpha value is -1.41. The van der Waals surface area contributed by atoms with Gasteiger partial charge in [-0.3, -0.25) is 4.79 Å². The number of hydrogen-bond acceptors (Lipinski definition) is 4.